The highest BCUT2D eigenvalue weighted by atomic mass is 16.6. The third-order valence-electron chi connectivity index (χ3n) is 2.34. The standard InChI is InChI=1S/C13H7N2O2/c14-9-10-5-7-11(8-6-10)12-3-1-2-4-13(12)15(16)17/h1-3,5-8H. The lowest BCUT2D eigenvalue weighted by Gasteiger charge is -2.02. The highest BCUT2D eigenvalue weighted by Gasteiger charge is 2.14. The van der Waals surface area contributed by atoms with Gasteiger partial charge in [0.05, 0.1) is 28.2 Å². The Hall–Kier alpha value is -2.67. The molecule has 4 nitrogen and oxygen atoms in total. The Morgan fingerprint density at radius 3 is 2.53 bits per heavy atom. The van der Waals surface area contributed by atoms with Crippen LogP contribution in [0.25, 0.3) is 11.1 Å². The Labute approximate surface area is 97.9 Å². The molecule has 0 unspecified atom stereocenters. The van der Waals surface area contributed by atoms with Crippen molar-refractivity contribution in [3.05, 3.63) is 64.2 Å². The number of para-hydroxylation sites is 1. The average molecular weight is 223 g/mol. The van der Waals surface area contributed by atoms with Gasteiger partial charge in [-0.1, -0.05) is 18.2 Å². The smallest absolute Gasteiger partial charge is 0.258 e. The molecular weight excluding hydrogens is 216 g/mol. The second kappa shape index (κ2) is 4.45. The van der Waals surface area contributed by atoms with Crippen molar-refractivity contribution in [1.82, 2.24) is 0 Å². The average Bonchev–Trinajstić information content (AvgIpc) is 2.39. The van der Waals surface area contributed by atoms with Gasteiger partial charge in [0.25, 0.3) is 5.69 Å². The normalized spacial score (nSPS) is 9.59. The molecule has 0 aliphatic carbocycles. The van der Waals surface area contributed by atoms with Gasteiger partial charge in [0.1, 0.15) is 0 Å². The molecule has 2 rings (SSSR count). The number of nitro benzene ring substituents is 1. The number of benzene rings is 2. The van der Waals surface area contributed by atoms with Crippen molar-refractivity contribution >= 4 is 5.69 Å². The van der Waals surface area contributed by atoms with Crippen LogP contribution >= 0.6 is 0 Å². The van der Waals surface area contributed by atoms with Crippen LogP contribution in [0.5, 0.6) is 0 Å². The molecule has 81 valence electrons. The molecular formula is C13H7N2O2. The first kappa shape index (κ1) is 10.8. The van der Waals surface area contributed by atoms with Gasteiger partial charge in [0.15, 0.2) is 0 Å². The maximum Gasteiger partial charge on any atom is 0.285 e. The minimum absolute atomic E-state index is 0.0581. The lowest BCUT2D eigenvalue weighted by molar-refractivity contribution is -0.384. The first-order valence-electron chi connectivity index (χ1n) is 4.88. The van der Waals surface area contributed by atoms with Crippen molar-refractivity contribution in [2.24, 2.45) is 0 Å². The molecule has 0 heterocycles. The molecule has 0 atom stereocenters. The summed E-state index contributed by atoms with van der Waals surface area (Å²) in [5.41, 5.74) is 1.67. The van der Waals surface area contributed by atoms with Gasteiger partial charge in [-0.2, -0.15) is 5.26 Å². The summed E-state index contributed by atoms with van der Waals surface area (Å²) in [5, 5.41) is 19.5. The second-order valence-electron chi connectivity index (χ2n) is 3.38. The van der Waals surface area contributed by atoms with E-state index in [4.69, 9.17) is 5.26 Å². The van der Waals surface area contributed by atoms with Gasteiger partial charge in [-0.05, 0) is 29.8 Å². The molecule has 0 saturated heterocycles. The van der Waals surface area contributed by atoms with E-state index < -0.39 is 4.92 Å². The van der Waals surface area contributed by atoms with E-state index in [-0.39, 0.29) is 5.69 Å². The molecule has 0 aliphatic rings. The Balaban J connectivity index is 2.53. The fourth-order valence-corrected chi connectivity index (χ4v) is 1.54. The minimum Gasteiger partial charge on any atom is -0.258 e. The number of nitriles is 1. The quantitative estimate of drug-likeness (QED) is 0.580. The molecule has 0 saturated carbocycles. The highest BCUT2D eigenvalue weighted by Crippen LogP contribution is 2.28. The van der Waals surface area contributed by atoms with Crippen molar-refractivity contribution in [1.29, 1.82) is 5.26 Å². The lowest BCUT2D eigenvalue weighted by atomic mass is 10.0. The molecule has 1 radical (unpaired) electrons. The summed E-state index contributed by atoms with van der Waals surface area (Å²) >= 11 is 0. The van der Waals surface area contributed by atoms with Crippen molar-refractivity contribution in [3.8, 4) is 17.2 Å². The van der Waals surface area contributed by atoms with Crippen LogP contribution in [0.15, 0.2) is 42.5 Å². The molecule has 2 aromatic rings. The lowest BCUT2D eigenvalue weighted by Crippen LogP contribution is -1.91. The van der Waals surface area contributed by atoms with Crippen molar-refractivity contribution in [2.75, 3.05) is 0 Å². The second-order valence-corrected chi connectivity index (χ2v) is 3.38. The zero-order valence-corrected chi connectivity index (χ0v) is 8.75. The summed E-state index contributed by atoms with van der Waals surface area (Å²) < 4.78 is 0. The molecule has 0 N–H and O–H groups in total. The van der Waals surface area contributed by atoms with Crippen LogP contribution in [0.1, 0.15) is 5.56 Å². The molecule has 0 aromatic heterocycles. The third-order valence-corrected chi connectivity index (χ3v) is 2.34. The van der Waals surface area contributed by atoms with Crippen molar-refractivity contribution < 1.29 is 4.92 Å². The van der Waals surface area contributed by atoms with Crippen LogP contribution < -0.4 is 0 Å². The first-order chi connectivity index (χ1) is 8.22. The zero-order valence-electron chi connectivity index (χ0n) is 8.75. The Morgan fingerprint density at radius 1 is 1.24 bits per heavy atom. The number of nitrogens with zero attached hydrogens (tertiary/aromatic N) is 2. The third kappa shape index (κ3) is 2.13. The van der Waals surface area contributed by atoms with E-state index in [1.165, 1.54) is 6.07 Å². The highest BCUT2D eigenvalue weighted by molar-refractivity contribution is 5.73. The van der Waals surface area contributed by atoms with E-state index in [2.05, 4.69) is 6.07 Å². The summed E-state index contributed by atoms with van der Waals surface area (Å²) in [6, 6.07) is 16.1. The van der Waals surface area contributed by atoms with E-state index in [0.29, 0.717) is 16.7 Å². The molecule has 0 spiro atoms. The predicted octanol–water partition coefficient (Wildman–Crippen LogP) is 2.93. The minimum atomic E-state index is -0.465. The van der Waals surface area contributed by atoms with Crippen LogP contribution in [-0.2, 0) is 0 Å². The van der Waals surface area contributed by atoms with Gasteiger partial charge in [0, 0.05) is 0 Å². The van der Waals surface area contributed by atoms with Crippen LogP contribution in [-0.4, -0.2) is 4.92 Å². The molecule has 0 aliphatic heterocycles. The van der Waals surface area contributed by atoms with E-state index >= 15 is 0 Å². The van der Waals surface area contributed by atoms with Crippen LogP contribution in [0.4, 0.5) is 5.69 Å². The number of hydrogen-bond donors (Lipinski definition) is 0. The maximum atomic E-state index is 10.8. The predicted molar refractivity (Wildman–Crippen MR) is 62.1 cm³/mol. The maximum absolute atomic E-state index is 10.8. The molecule has 0 bridgehead atoms. The Kier molecular flexibility index (Phi) is 2.84. The fraction of sp³-hybridized carbons (Fsp3) is 0. The summed E-state index contributed by atoms with van der Waals surface area (Å²) in [5.74, 6) is 0. The van der Waals surface area contributed by atoms with E-state index in [9.17, 15) is 10.1 Å². The van der Waals surface area contributed by atoms with E-state index in [0.717, 1.165) is 0 Å². The summed E-state index contributed by atoms with van der Waals surface area (Å²) in [7, 11) is 0. The van der Waals surface area contributed by atoms with Crippen LogP contribution in [0, 0.1) is 27.5 Å². The molecule has 17 heavy (non-hydrogen) atoms. The topological polar surface area (TPSA) is 66.9 Å². The fourth-order valence-electron chi connectivity index (χ4n) is 1.54. The monoisotopic (exact) mass is 223 g/mol. The van der Waals surface area contributed by atoms with Crippen molar-refractivity contribution in [3.63, 3.8) is 0 Å². The van der Waals surface area contributed by atoms with Gasteiger partial charge >= 0.3 is 0 Å². The van der Waals surface area contributed by atoms with Gasteiger partial charge in [-0.3, -0.25) is 10.1 Å². The number of nitro groups is 1. The van der Waals surface area contributed by atoms with E-state index in [1.54, 1.807) is 36.4 Å². The number of hydrogen-bond acceptors (Lipinski definition) is 3. The molecule has 2 aromatic carbocycles. The molecule has 4 heteroatoms. The van der Waals surface area contributed by atoms with Crippen LogP contribution in [0.3, 0.4) is 0 Å². The van der Waals surface area contributed by atoms with Gasteiger partial charge in [0.2, 0.25) is 0 Å². The summed E-state index contributed by atoms with van der Waals surface area (Å²) in [6.07, 6.45) is 0. The molecule has 0 fully saturated rings. The van der Waals surface area contributed by atoms with E-state index in [1.807, 2.05) is 6.07 Å². The first-order valence-corrected chi connectivity index (χ1v) is 4.88. The SMILES string of the molecule is N#Cc1ccc(-c2ccc[c]c2[N+](=O)[O-])cc1. The largest absolute Gasteiger partial charge is 0.285 e. The summed E-state index contributed by atoms with van der Waals surface area (Å²) in [4.78, 5) is 10.4. The van der Waals surface area contributed by atoms with Crippen molar-refractivity contribution in [2.45, 2.75) is 0 Å². The Bertz CT molecular complexity index is 598. The van der Waals surface area contributed by atoms with Gasteiger partial charge < -0.3 is 0 Å². The van der Waals surface area contributed by atoms with Crippen LogP contribution in [0.2, 0.25) is 0 Å². The summed E-state index contributed by atoms with van der Waals surface area (Å²) in [6.45, 7) is 0. The zero-order chi connectivity index (χ0) is 12.3. The molecule has 0 amide bonds. The van der Waals surface area contributed by atoms with Gasteiger partial charge in [-0.25, -0.2) is 0 Å². The Morgan fingerprint density at radius 2 is 1.94 bits per heavy atom. The van der Waals surface area contributed by atoms with Gasteiger partial charge in [-0.15, -0.1) is 0 Å². The number of rotatable bonds is 2.